The molecule has 1 saturated heterocycles. The van der Waals surface area contributed by atoms with E-state index in [1.807, 2.05) is 25.1 Å². The molecule has 3 rings (SSSR count). The minimum atomic E-state index is -0.245. The summed E-state index contributed by atoms with van der Waals surface area (Å²) in [6.45, 7) is 10.9. The van der Waals surface area contributed by atoms with Crippen molar-refractivity contribution >= 4 is 17.9 Å². The molecule has 1 aliphatic rings. The molecule has 0 N–H and O–H groups in total. The second kappa shape index (κ2) is 9.39. The predicted octanol–water partition coefficient (Wildman–Crippen LogP) is 3.27. The highest BCUT2D eigenvalue weighted by atomic mass is 16.6. The van der Waals surface area contributed by atoms with E-state index in [0.717, 1.165) is 30.2 Å². The molecule has 1 fully saturated rings. The summed E-state index contributed by atoms with van der Waals surface area (Å²) in [5.41, 5.74) is 1.99. The molecule has 0 spiro atoms. The van der Waals surface area contributed by atoms with E-state index in [1.54, 1.807) is 4.90 Å². The molecule has 150 valence electrons. The van der Waals surface area contributed by atoms with Crippen LogP contribution in [0.4, 0.5) is 16.6 Å². The maximum absolute atomic E-state index is 11.9. The Morgan fingerprint density at radius 2 is 1.71 bits per heavy atom. The molecule has 1 aliphatic heterocycles. The highest BCUT2D eigenvalue weighted by molar-refractivity contribution is 5.68. The van der Waals surface area contributed by atoms with E-state index in [0.29, 0.717) is 38.7 Å². The number of hydrogen-bond donors (Lipinski definition) is 0. The first-order chi connectivity index (χ1) is 13.7. The van der Waals surface area contributed by atoms with E-state index in [2.05, 4.69) is 41.8 Å². The highest BCUT2D eigenvalue weighted by Gasteiger charge is 2.24. The van der Waals surface area contributed by atoms with Crippen molar-refractivity contribution in [2.45, 2.75) is 20.8 Å². The molecule has 7 nitrogen and oxygen atoms in total. The van der Waals surface area contributed by atoms with Crippen LogP contribution in [0.25, 0.3) is 11.3 Å². The van der Waals surface area contributed by atoms with Crippen LogP contribution in [-0.4, -0.2) is 66.8 Å². The number of hydrogen-bond acceptors (Lipinski definition) is 6. The number of aromatic nitrogens is 2. The van der Waals surface area contributed by atoms with Gasteiger partial charge in [-0.2, -0.15) is 4.98 Å². The number of amides is 1. The Morgan fingerprint density at radius 3 is 2.32 bits per heavy atom. The molecular weight excluding hydrogens is 354 g/mol. The zero-order valence-electron chi connectivity index (χ0n) is 17.0. The summed E-state index contributed by atoms with van der Waals surface area (Å²) in [6.07, 6.45) is -0.245. The third-order valence-corrected chi connectivity index (χ3v) is 4.95. The van der Waals surface area contributed by atoms with Crippen molar-refractivity contribution in [3.8, 4) is 11.3 Å². The Morgan fingerprint density at radius 1 is 1.04 bits per heavy atom. The van der Waals surface area contributed by atoms with E-state index in [1.165, 1.54) is 0 Å². The number of carbonyl (C=O) groups excluding carboxylic acids is 1. The minimum Gasteiger partial charge on any atom is -0.450 e. The van der Waals surface area contributed by atoms with Gasteiger partial charge < -0.3 is 19.4 Å². The standard InChI is InChI=1S/C21H29N5O2/c1-4-24(5-2)19-16-18(17-10-8-7-9-11-17)22-20(23-19)25-12-14-26(15-13-25)21(27)28-6-3/h7-11,16H,4-6,12-15H2,1-3H3. The molecule has 2 heterocycles. The fourth-order valence-corrected chi connectivity index (χ4v) is 3.33. The molecule has 0 unspecified atom stereocenters. The van der Waals surface area contributed by atoms with Crippen LogP contribution in [-0.2, 0) is 4.74 Å². The van der Waals surface area contributed by atoms with E-state index in [9.17, 15) is 4.79 Å². The molecule has 0 bridgehead atoms. The monoisotopic (exact) mass is 383 g/mol. The fraction of sp³-hybridized carbons (Fsp3) is 0.476. The minimum absolute atomic E-state index is 0.245. The molecule has 0 saturated carbocycles. The third kappa shape index (κ3) is 4.52. The Kier molecular flexibility index (Phi) is 6.68. The molecule has 1 aromatic carbocycles. The first-order valence-electron chi connectivity index (χ1n) is 10.0. The lowest BCUT2D eigenvalue weighted by atomic mass is 10.1. The van der Waals surface area contributed by atoms with Crippen LogP contribution >= 0.6 is 0 Å². The van der Waals surface area contributed by atoms with Gasteiger partial charge in [0.05, 0.1) is 12.3 Å². The fourth-order valence-electron chi connectivity index (χ4n) is 3.33. The van der Waals surface area contributed by atoms with Gasteiger partial charge in [-0.05, 0) is 20.8 Å². The van der Waals surface area contributed by atoms with Crippen molar-refractivity contribution in [1.29, 1.82) is 0 Å². The summed E-state index contributed by atoms with van der Waals surface area (Å²) < 4.78 is 5.11. The zero-order valence-corrected chi connectivity index (χ0v) is 17.0. The first kappa shape index (κ1) is 19.9. The summed E-state index contributed by atoms with van der Waals surface area (Å²) in [4.78, 5) is 27.7. The van der Waals surface area contributed by atoms with Gasteiger partial charge in [0.2, 0.25) is 5.95 Å². The van der Waals surface area contributed by atoms with Crippen molar-refractivity contribution in [1.82, 2.24) is 14.9 Å². The summed E-state index contributed by atoms with van der Waals surface area (Å²) in [5, 5.41) is 0. The summed E-state index contributed by atoms with van der Waals surface area (Å²) in [6, 6.07) is 12.2. The van der Waals surface area contributed by atoms with E-state index in [4.69, 9.17) is 14.7 Å². The van der Waals surface area contributed by atoms with Gasteiger partial charge in [-0.15, -0.1) is 0 Å². The van der Waals surface area contributed by atoms with Crippen LogP contribution in [0.5, 0.6) is 0 Å². The van der Waals surface area contributed by atoms with Crippen molar-refractivity contribution in [2.24, 2.45) is 0 Å². The summed E-state index contributed by atoms with van der Waals surface area (Å²) >= 11 is 0. The number of nitrogens with zero attached hydrogens (tertiary/aromatic N) is 5. The van der Waals surface area contributed by atoms with Crippen LogP contribution in [0, 0.1) is 0 Å². The Bertz CT molecular complexity index is 772. The summed E-state index contributed by atoms with van der Waals surface area (Å²) in [7, 11) is 0. The van der Waals surface area contributed by atoms with E-state index in [-0.39, 0.29) is 6.09 Å². The van der Waals surface area contributed by atoms with Gasteiger partial charge in [-0.25, -0.2) is 9.78 Å². The number of rotatable bonds is 6. The second-order valence-electron chi connectivity index (χ2n) is 6.62. The third-order valence-electron chi connectivity index (χ3n) is 4.95. The summed E-state index contributed by atoms with van der Waals surface area (Å²) in [5.74, 6) is 1.65. The molecule has 1 amide bonds. The van der Waals surface area contributed by atoms with Gasteiger partial charge in [-0.3, -0.25) is 0 Å². The molecular formula is C21H29N5O2. The van der Waals surface area contributed by atoms with Gasteiger partial charge >= 0.3 is 6.09 Å². The van der Waals surface area contributed by atoms with Crippen LogP contribution in [0.1, 0.15) is 20.8 Å². The molecule has 7 heteroatoms. The van der Waals surface area contributed by atoms with Crippen molar-refractivity contribution in [3.63, 3.8) is 0 Å². The van der Waals surface area contributed by atoms with Gasteiger partial charge in [0.25, 0.3) is 0 Å². The maximum Gasteiger partial charge on any atom is 0.409 e. The maximum atomic E-state index is 11.9. The lowest BCUT2D eigenvalue weighted by Crippen LogP contribution is -2.49. The molecule has 0 atom stereocenters. The van der Waals surface area contributed by atoms with Gasteiger partial charge in [0.1, 0.15) is 5.82 Å². The zero-order chi connectivity index (χ0) is 19.9. The molecule has 28 heavy (non-hydrogen) atoms. The van der Waals surface area contributed by atoms with Gasteiger partial charge in [0, 0.05) is 50.9 Å². The average molecular weight is 383 g/mol. The Labute approximate surface area is 166 Å². The molecule has 0 radical (unpaired) electrons. The SMILES string of the molecule is CCOC(=O)N1CCN(c2nc(-c3ccccc3)cc(N(CC)CC)n2)CC1. The topological polar surface area (TPSA) is 61.8 Å². The smallest absolute Gasteiger partial charge is 0.409 e. The Balaban J connectivity index is 1.86. The van der Waals surface area contributed by atoms with Gasteiger partial charge in [0.15, 0.2) is 0 Å². The number of benzene rings is 1. The van der Waals surface area contributed by atoms with Crippen LogP contribution in [0.2, 0.25) is 0 Å². The lowest BCUT2D eigenvalue weighted by Gasteiger charge is -2.34. The molecule has 1 aromatic heterocycles. The largest absolute Gasteiger partial charge is 0.450 e. The van der Waals surface area contributed by atoms with Crippen molar-refractivity contribution < 1.29 is 9.53 Å². The lowest BCUT2D eigenvalue weighted by molar-refractivity contribution is 0.105. The van der Waals surface area contributed by atoms with E-state index < -0.39 is 0 Å². The quantitative estimate of drug-likeness (QED) is 0.763. The predicted molar refractivity (Wildman–Crippen MR) is 112 cm³/mol. The van der Waals surface area contributed by atoms with Crippen molar-refractivity contribution in [2.75, 3.05) is 55.7 Å². The number of piperazine rings is 1. The second-order valence-corrected chi connectivity index (χ2v) is 6.62. The first-order valence-corrected chi connectivity index (χ1v) is 10.0. The Hall–Kier alpha value is -2.83. The van der Waals surface area contributed by atoms with Crippen LogP contribution in [0.3, 0.4) is 0 Å². The van der Waals surface area contributed by atoms with Crippen LogP contribution in [0.15, 0.2) is 36.4 Å². The van der Waals surface area contributed by atoms with Crippen LogP contribution < -0.4 is 9.80 Å². The van der Waals surface area contributed by atoms with Crippen molar-refractivity contribution in [3.05, 3.63) is 36.4 Å². The van der Waals surface area contributed by atoms with Gasteiger partial charge in [-0.1, -0.05) is 30.3 Å². The highest BCUT2D eigenvalue weighted by Crippen LogP contribution is 2.25. The average Bonchev–Trinajstić information content (AvgIpc) is 2.75. The number of carbonyl (C=O) groups is 1. The van der Waals surface area contributed by atoms with E-state index >= 15 is 0 Å². The number of ether oxygens (including phenoxy) is 1. The normalized spacial score (nSPS) is 14.1. The molecule has 0 aliphatic carbocycles. The number of anilines is 2. The molecule has 2 aromatic rings.